The van der Waals surface area contributed by atoms with Gasteiger partial charge in [0.1, 0.15) is 0 Å². The van der Waals surface area contributed by atoms with Crippen LogP contribution in [0.4, 0.5) is 0 Å². The predicted molar refractivity (Wildman–Crippen MR) is 104 cm³/mol. The summed E-state index contributed by atoms with van der Waals surface area (Å²) in [6.45, 7) is 12.0. The lowest BCUT2D eigenvalue weighted by atomic mass is 10.1. The maximum Gasteiger partial charge on any atom is 0.00215 e. The molecule has 0 radical (unpaired) electrons. The Balaban J connectivity index is 2.17. The van der Waals surface area contributed by atoms with Gasteiger partial charge in [-0.2, -0.15) is 0 Å². The van der Waals surface area contributed by atoms with E-state index in [0.29, 0.717) is 0 Å². The van der Waals surface area contributed by atoms with E-state index < -0.39 is 0 Å². The maximum atomic E-state index is 4.15. The Morgan fingerprint density at radius 1 is 1.04 bits per heavy atom. The molecule has 0 unspecified atom stereocenters. The first-order valence-corrected chi connectivity index (χ1v) is 9.03. The summed E-state index contributed by atoms with van der Waals surface area (Å²) in [6, 6.07) is 10.8. The summed E-state index contributed by atoms with van der Waals surface area (Å²) in [7, 11) is 0. The van der Waals surface area contributed by atoms with Gasteiger partial charge in [-0.05, 0) is 50.8 Å². The number of hydrogen-bond donors (Lipinski definition) is 0. The zero-order valence-electron chi connectivity index (χ0n) is 15.0. The van der Waals surface area contributed by atoms with Crippen LogP contribution >= 0.6 is 0 Å². The fourth-order valence-corrected chi connectivity index (χ4v) is 2.53. The van der Waals surface area contributed by atoms with Crippen LogP contribution in [0.25, 0.3) is 0 Å². The second-order valence-electron chi connectivity index (χ2n) is 5.98. The molecular formula is C22H33N. The highest BCUT2D eigenvalue weighted by Crippen LogP contribution is 2.07. The van der Waals surface area contributed by atoms with Gasteiger partial charge in [-0.15, -0.1) is 0 Å². The molecule has 0 N–H and O–H groups in total. The quantitative estimate of drug-likeness (QED) is 0.348. The van der Waals surface area contributed by atoms with E-state index in [-0.39, 0.29) is 0 Å². The van der Waals surface area contributed by atoms with E-state index in [9.17, 15) is 0 Å². The Hall–Kier alpha value is -1.60. The van der Waals surface area contributed by atoms with Crippen LogP contribution in [0.15, 0.2) is 66.8 Å². The minimum Gasteiger partial charge on any atom is -0.303 e. The zero-order valence-corrected chi connectivity index (χ0v) is 15.0. The van der Waals surface area contributed by atoms with Crippen LogP contribution in [-0.2, 0) is 6.42 Å². The van der Waals surface area contributed by atoms with Crippen LogP contribution < -0.4 is 0 Å². The van der Waals surface area contributed by atoms with Crippen LogP contribution in [-0.4, -0.2) is 24.5 Å². The molecule has 0 spiro atoms. The molecule has 0 saturated heterocycles. The fourth-order valence-electron chi connectivity index (χ4n) is 2.53. The summed E-state index contributed by atoms with van der Waals surface area (Å²) in [6.07, 6.45) is 14.4. The first-order valence-electron chi connectivity index (χ1n) is 9.03. The summed E-state index contributed by atoms with van der Waals surface area (Å²) in [5.41, 5.74) is 2.67. The van der Waals surface area contributed by atoms with Gasteiger partial charge in [0.05, 0.1) is 0 Å². The lowest BCUT2D eigenvalue weighted by Crippen LogP contribution is -2.26. The first kappa shape index (κ1) is 19.4. The second-order valence-corrected chi connectivity index (χ2v) is 5.98. The average Bonchev–Trinajstić information content (AvgIpc) is 2.59. The molecule has 1 aromatic carbocycles. The number of nitrogens with zero attached hydrogens (tertiary/aromatic N) is 1. The number of hydrogen-bond acceptors (Lipinski definition) is 1. The average molecular weight is 312 g/mol. The van der Waals surface area contributed by atoms with Gasteiger partial charge in [-0.25, -0.2) is 0 Å². The molecule has 0 aliphatic rings. The standard InChI is InChI=1S/C22H33N/c1-4-6-7-9-14-21(3)18-20-23(5-2)19-13-12-17-22-15-10-8-11-16-22/h6-11,14-16H,3-5,12-13,17-20H2,1-2H3/b7-6-,14-9-. The summed E-state index contributed by atoms with van der Waals surface area (Å²) >= 11 is 0. The molecule has 126 valence electrons. The highest BCUT2D eigenvalue weighted by molar-refractivity contribution is 5.19. The number of rotatable bonds is 12. The molecule has 1 rings (SSSR count). The lowest BCUT2D eigenvalue weighted by Gasteiger charge is -2.20. The summed E-state index contributed by atoms with van der Waals surface area (Å²) in [5, 5.41) is 0. The minimum absolute atomic E-state index is 1.06. The predicted octanol–water partition coefficient (Wildman–Crippen LogP) is 5.80. The zero-order chi connectivity index (χ0) is 16.8. The van der Waals surface area contributed by atoms with Gasteiger partial charge in [0.2, 0.25) is 0 Å². The summed E-state index contributed by atoms with van der Waals surface area (Å²) in [5.74, 6) is 0. The third kappa shape index (κ3) is 9.91. The SMILES string of the molecule is C=C(/C=C\C=C/CC)CCN(CC)CCCCc1ccccc1. The minimum atomic E-state index is 1.06. The monoisotopic (exact) mass is 311 g/mol. The number of aryl methyl sites for hydroxylation is 1. The fraction of sp³-hybridized carbons (Fsp3) is 0.455. The molecular weight excluding hydrogens is 278 g/mol. The van der Waals surface area contributed by atoms with Gasteiger partial charge in [-0.1, -0.05) is 80.6 Å². The summed E-state index contributed by atoms with van der Waals surface area (Å²) in [4.78, 5) is 2.53. The Bertz CT molecular complexity index is 470. The first-order chi connectivity index (χ1) is 11.3. The van der Waals surface area contributed by atoms with Crippen LogP contribution in [0.5, 0.6) is 0 Å². The molecule has 0 fully saturated rings. The van der Waals surface area contributed by atoms with E-state index in [2.05, 4.69) is 80.0 Å². The van der Waals surface area contributed by atoms with Crippen molar-refractivity contribution in [2.24, 2.45) is 0 Å². The van der Waals surface area contributed by atoms with E-state index in [0.717, 1.165) is 25.9 Å². The van der Waals surface area contributed by atoms with E-state index in [4.69, 9.17) is 0 Å². The van der Waals surface area contributed by atoms with Crippen molar-refractivity contribution >= 4 is 0 Å². The Kier molecular flexibility index (Phi) is 10.9. The summed E-state index contributed by atoms with van der Waals surface area (Å²) < 4.78 is 0. The van der Waals surface area contributed by atoms with Crippen molar-refractivity contribution in [2.75, 3.05) is 19.6 Å². The third-order valence-corrected chi connectivity index (χ3v) is 4.04. The van der Waals surface area contributed by atoms with Crippen molar-refractivity contribution in [3.05, 3.63) is 72.4 Å². The van der Waals surface area contributed by atoms with Gasteiger partial charge in [0.15, 0.2) is 0 Å². The van der Waals surface area contributed by atoms with Gasteiger partial charge in [0.25, 0.3) is 0 Å². The van der Waals surface area contributed by atoms with Crippen molar-refractivity contribution in [1.82, 2.24) is 4.90 Å². The third-order valence-electron chi connectivity index (χ3n) is 4.04. The van der Waals surface area contributed by atoms with Crippen molar-refractivity contribution in [3.8, 4) is 0 Å². The lowest BCUT2D eigenvalue weighted by molar-refractivity contribution is 0.286. The Morgan fingerprint density at radius 2 is 1.83 bits per heavy atom. The van der Waals surface area contributed by atoms with Crippen LogP contribution in [0.2, 0.25) is 0 Å². The van der Waals surface area contributed by atoms with Crippen molar-refractivity contribution in [3.63, 3.8) is 0 Å². The molecule has 0 bridgehead atoms. The van der Waals surface area contributed by atoms with Crippen molar-refractivity contribution in [1.29, 1.82) is 0 Å². The van der Waals surface area contributed by atoms with Gasteiger partial charge >= 0.3 is 0 Å². The van der Waals surface area contributed by atoms with Gasteiger partial charge in [-0.3, -0.25) is 0 Å². The Labute approximate surface area is 143 Å². The largest absolute Gasteiger partial charge is 0.303 e. The molecule has 23 heavy (non-hydrogen) atoms. The van der Waals surface area contributed by atoms with Crippen molar-refractivity contribution in [2.45, 2.75) is 46.0 Å². The molecule has 0 saturated carbocycles. The molecule has 0 aliphatic carbocycles. The van der Waals surface area contributed by atoms with Gasteiger partial charge < -0.3 is 4.90 Å². The maximum absolute atomic E-state index is 4.15. The number of allylic oxidation sites excluding steroid dienone is 4. The van der Waals surface area contributed by atoms with E-state index in [1.807, 2.05) is 0 Å². The van der Waals surface area contributed by atoms with E-state index >= 15 is 0 Å². The molecule has 0 aliphatic heterocycles. The highest BCUT2D eigenvalue weighted by Gasteiger charge is 2.02. The van der Waals surface area contributed by atoms with Crippen LogP contribution in [0.3, 0.4) is 0 Å². The molecule has 0 heterocycles. The van der Waals surface area contributed by atoms with E-state index in [1.54, 1.807) is 0 Å². The smallest absolute Gasteiger partial charge is 0.00215 e. The molecule has 1 nitrogen and oxygen atoms in total. The van der Waals surface area contributed by atoms with Crippen LogP contribution in [0, 0.1) is 0 Å². The van der Waals surface area contributed by atoms with Crippen molar-refractivity contribution < 1.29 is 0 Å². The number of benzene rings is 1. The second kappa shape index (κ2) is 12.9. The Morgan fingerprint density at radius 3 is 2.52 bits per heavy atom. The molecule has 1 heteroatoms. The number of unbranched alkanes of at least 4 members (excludes halogenated alkanes) is 1. The van der Waals surface area contributed by atoms with E-state index in [1.165, 1.54) is 36.9 Å². The van der Waals surface area contributed by atoms with Gasteiger partial charge in [0, 0.05) is 6.54 Å². The van der Waals surface area contributed by atoms with Crippen LogP contribution in [0.1, 0.15) is 45.1 Å². The molecule has 0 atom stereocenters. The topological polar surface area (TPSA) is 3.24 Å². The molecule has 0 amide bonds. The molecule has 0 aromatic heterocycles. The normalized spacial score (nSPS) is 11.8. The highest BCUT2D eigenvalue weighted by atomic mass is 15.1. The molecule has 1 aromatic rings.